The molecule has 0 amide bonds. The standard InChI is InChI=1S/C29H34N4O2/c1-19-23-10-9-22-25(28(23,2)12-13-29(19)34-17-18-35-29)31-26(32-27(22)33-15-5-6-16-33)21-11-14-30-24-8-4-3-7-20(21)24/h3-4,7-8,11,14,19,23H,5-6,9-10,12-13,15-18H2,1-2H3/t19-,23-,28-/m1/s1. The Labute approximate surface area is 207 Å². The average Bonchev–Trinajstić information content (AvgIpc) is 3.59. The van der Waals surface area contributed by atoms with Crippen LogP contribution in [0, 0.1) is 11.8 Å². The molecule has 1 aromatic carbocycles. The van der Waals surface area contributed by atoms with Crippen LogP contribution in [0.15, 0.2) is 36.5 Å². The van der Waals surface area contributed by atoms with E-state index in [1.54, 1.807) is 0 Å². The van der Waals surface area contributed by atoms with Crippen molar-refractivity contribution in [1.82, 2.24) is 15.0 Å². The van der Waals surface area contributed by atoms with Gasteiger partial charge in [-0.3, -0.25) is 4.98 Å². The van der Waals surface area contributed by atoms with Crippen molar-refractivity contribution in [3.05, 3.63) is 47.8 Å². The first-order valence-electron chi connectivity index (χ1n) is 13.4. The number of hydrogen-bond acceptors (Lipinski definition) is 6. The first kappa shape index (κ1) is 21.7. The zero-order valence-corrected chi connectivity index (χ0v) is 20.8. The number of hydrogen-bond donors (Lipinski definition) is 0. The predicted octanol–water partition coefficient (Wildman–Crippen LogP) is 5.29. The molecule has 1 saturated carbocycles. The van der Waals surface area contributed by atoms with E-state index in [9.17, 15) is 0 Å². The molecule has 3 atom stereocenters. The lowest BCUT2D eigenvalue weighted by Crippen LogP contribution is -2.55. The third-order valence-corrected chi connectivity index (χ3v) is 9.41. The first-order chi connectivity index (χ1) is 17.1. The van der Waals surface area contributed by atoms with Crippen LogP contribution < -0.4 is 4.90 Å². The van der Waals surface area contributed by atoms with Gasteiger partial charge in [0.15, 0.2) is 11.6 Å². The van der Waals surface area contributed by atoms with E-state index in [2.05, 4.69) is 48.0 Å². The summed E-state index contributed by atoms with van der Waals surface area (Å²) in [6, 6.07) is 10.4. The van der Waals surface area contributed by atoms with Crippen LogP contribution in [0.2, 0.25) is 0 Å². The zero-order chi connectivity index (χ0) is 23.6. The van der Waals surface area contributed by atoms with Gasteiger partial charge in [0.2, 0.25) is 0 Å². The van der Waals surface area contributed by atoms with Gasteiger partial charge in [-0.1, -0.05) is 32.0 Å². The molecule has 4 heterocycles. The van der Waals surface area contributed by atoms with Crippen LogP contribution in [0.4, 0.5) is 5.82 Å². The van der Waals surface area contributed by atoms with Crippen LogP contribution in [0.3, 0.4) is 0 Å². The predicted molar refractivity (Wildman–Crippen MR) is 136 cm³/mol. The number of para-hydroxylation sites is 1. The van der Waals surface area contributed by atoms with Crippen molar-refractivity contribution < 1.29 is 9.47 Å². The van der Waals surface area contributed by atoms with Gasteiger partial charge in [0.1, 0.15) is 5.82 Å². The molecule has 35 heavy (non-hydrogen) atoms. The molecule has 0 bridgehead atoms. The number of pyridine rings is 1. The van der Waals surface area contributed by atoms with E-state index in [-0.39, 0.29) is 5.41 Å². The highest BCUT2D eigenvalue weighted by atomic mass is 16.7. The van der Waals surface area contributed by atoms with E-state index in [1.807, 2.05) is 12.3 Å². The molecule has 3 aromatic rings. The number of nitrogens with zero attached hydrogens (tertiary/aromatic N) is 4. The smallest absolute Gasteiger partial charge is 0.171 e. The van der Waals surface area contributed by atoms with Crippen LogP contribution >= 0.6 is 0 Å². The number of benzene rings is 1. The van der Waals surface area contributed by atoms with Gasteiger partial charge in [-0.05, 0) is 50.2 Å². The van der Waals surface area contributed by atoms with Gasteiger partial charge in [0, 0.05) is 53.6 Å². The number of rotatable bonds is 2. The molecule has 0 unspecified atom stereocenters. The molecule has 6 heteroatoms. The molecule has 1 spiro atoms. The Morgan fingerprint density at radius 2 is 1.80 bits per heavy atom. The highest BCUT2D eigenvalue weighted by molar-refractivity contribution is 5.92. The van der Waals surface area contributed by atoms with E-state index in [4.69, 9.17) is 19.4 Å². The minimum Gasteiger partial charge on any atom is -0.356 e. The summed E-state index contributed by atoms with van der Waals surface area (Å²) >= 11 is 0. The van der Waals surface area contributed by atoms with Gasteiger partial charge < -0.3 is 14.4 Å². The SMILES string of the molecule is C[C@@H]1[C@H]2CCc3c(N4CCCC4)nc(-c4ccnc5ccccc45)nc3[C@]2(C)CCC12OCCO2. The molecule has 0 radical (unpaired) electrons. The average molecular weight is 471 g/mol. The van der Waals surface area contributed by atoms with Crippen molar-refractivity contribution in [2.24, 2.45) is 11.8 Å². The quantitative estimate of drug-likeness (QED) is 0.508. The third kappa shape index (κ3) is 3.19. The van der Waals surface area contributed by atoms with Gasteiger partial charge in [-0.2, -0.15) is 0 Å². The van der Waals surface area contributed by atoms with Gasteiger partial charge in [0.05, 0.1) is 24.4 Å². The molecule has 182 valence electrons. The van der Waals surface area contributed by atoms with E-state index in [0.717, 1.165) is 61.1 Å². The highest BCUT2D eigenvalue weighted by Gasteiger charge is 2.58. The fourth-order valence-corrected chi connectivity index (χ4v) is 7.52. The lowest BCUT2D eigenvalue weighted by atomic mass is 9.55. The van der Waals surface area contributed by atoms with Crippen LogP contribution in [-0.4, -0.2) is 47.0 Å². The number of fused-ring (bicyclic) bond motifs is 4. The van der Waals surface area contributed by atoms with Gasteiger partial charge in [0.25, 0.3) is 0 Å². The fourth-order valence-electron chi connectivity index (χ4n) is 7.52. The van der Waals surface area contributed by atoms with Crippen LogP contribution in [0.25, 0.3) is 22.3 Å². The molecule has 2 saturated heterocycles. The summed E-state index contributed by atoms with van der Waals surface area (Å²) < 4.78 is 12.5. The zero-order valence-electron chi connectivity index (χ0n) is 20.8. The summed E-state index contributed by atoms with van der Waals surface area (Å²) in [6.07, 6.45) is 8.49. The summed E-state index contributed by atoms with van der Waals surface area (Å²) in [5, 5.41) is 1.11. The molecule has 2 aliphatic carbocycles. The maximum atomic E-state index is 6.25. The topological polar surface area (TPSA) is 60.4 Å². The fraction of sp³-hybridized carbons (Fsp3) is 0.552. The Hall–Kier alpha value is -2.57. The molecular weight excluding hydrogens is 436 g/mol. The summed E-state index contributed by atoms with van der Waals surface area (Å²) in [5.74, 6) is 2.42. The minimum atomic E-state index is -0.406. The van der Waals surface area contributed by atoms with Crippen molar-refractivity contribution in [3.8, 4) is 11.4 Å². The van der Waals surface area contributed by atoms with Gasteiger partial charge in [-0.15, -0.1) is 0 Å². The first-order valence-corrected chi connectivity index (χ1v) is 13.4. The van der Waals surface area contributed by atoms with Crippen LogP contribution in [0.1, 0.15) is 57.2 Å². The Kier molecular flexibility index (Phi) is 4.94. The molecule has 4 aliphatic rings. The highest BCUT2D eigenvalue weighted by Crippen LogP contribution is 2.57. The number of anilines is 1. The number of ether oxygens (including phenoxy) is 2. The molecule has 0 N–H and O–H groups in total. The largest absolute Gasteiger partial charge is 0.356 e. The monoisotopic (exact) mass is 470 g/mol. The van der Waals surface area contributed by atoms with Gasteiger partial charge >= 0.3 is 0 Å². The molecule has 6 nitrogen and oxygen atoms in total. The maximum Gasteiger partial charge on any atom is 0.171 e. The second-order valence-corrected chi connectivity index (χ2v) is 11.1. The van der Waals surface area contributed by atoms with Gasteiger partial charge in [-0.25, -0.2) is 9.97 Å². The van der Waals surface area contributed by atoms with Crippen molar-refractivity contribution >= 4 is 16.7 Å². The Balaban J connectivity index is 1.41. The van der Waals surface area contributed by atoms with E-state index in [1.165, 1.54) is 29.9 Å². The third-order valence-electron chi connectivity index (χ3n) is 9.41. The Bertz CT molecular complexity index is 1280. The second kappa shape index (κ2) is 7.97. The van der Waals surface area contributed by atoms with Crippen molar-refractivity contribution in [3.63, 3.8) is 0 Å². The molecule has 2 aliphatic heterocycles. The van der Waals surface area contributed by atoms with Crippen LogP contribution in [-0.2, 0) is 21.3 Å². The van der Waals surface area contributed by atoms with E-state index < -0.39 is 5.79 Å². The van der Waals surface area contributed by atoms with Crippen LogP contribution in [0.5, 0.6) is 0 Å². The summed E-state index contributed by atoms with van der Waals surface area (Å²) in [5.41, 5.74) is 4.70. The molecule has 3 fully saturated rings. The lowest BCUT2D eigenvalue weighted by Gasteiger charge is -2.54. The maximum absolute atomic E-state index is 6.25. The lowest BCUT2D eigenvalue weighted by molar-refractivity contribution is -0.234. The van der Waals surface area contributed by atoms with E-state index in [0.29, 0.717) is 25.0 Å². The number of aromatic nitrogens is 3. The van der Waals surface area contributed by atoms with Crippen molar-refractivity contribution in [2.45, 2.75) is 63.6 Å². The molecular formula is C29H34N4O2. The normalized spacial score (nSPS) is 29.5. The Morgan fingerprint density at radius 1 is 1.00 bits per heavy atom. The van der Waals surface area contributed by atoms with Crippen molar-refractivity contribution in [1.29, 1.82) is 0 Å². The Morgan fingerprint density at radius 3 is 2.63 bits per heavy atom. The summed E-state index contributed by atoms with van der Waals surface area (Å²) in [7, 11) is 0. The molecule has 2 aromatic heterocycles. The van der Waals surface area contributed by atoms with E-state index >= 15 is 0 Å². The second-order valence-electron chi connectivity index (χ2n) is 11.1. The van der Waals surface area contributed by atoms with Crippen molar-refractivity contribution in [2.75, 3.05) is 31.2 Å². The molecule has 7 rings (SSSR count). The summed E-state index contributed by atoms with van der Waals surface area (Å²) in [6.45, 7) is 8.39. The summed E-state index contributed by atoms with van der Waals surface area (Å²) in [4.78, 5) is 17.8. The minimum absolute atomic E-state index is 0.0114.